The van der Waals surface area contributed by atoms with Crippen molar-refractivity contribution >= 4 is 55.9 Å². The number of fused-ring (bicyclic) bond motifs is 3. The number of benzene rings is 9. The van der Waals surface area contributed by atoms with Gasteiger partial charge in [0.2, 0.25) is 0 Å². The highest BCUT2D eigenvalue weighted by Gasteiger charge is 2.24. The third kappa shape index (κ3) is 10.1. The van der Waals surface area contributed by atoms with Gasteiger partial charge in [-0.1, -0.05) is 73.4 Å². The zero-order valence-corrected chi connectivity index (χ0v) is 50.3. The van der Waals surface area contributed by atoms with Gasteiger partial charge in [0.25, 0.3) is 0 Å². The van der Waals surface area contributed by atoms with Gasteiger partial charge in [-0.15, -0.1) is 0 Å². The average molecular weight is 1070 g/mol. The molecule has 1 aliphatic rings. The van der Waals surface area contributed by atoms with Gasteiger partial charge < -0.3 is 14.4 Å². The SMILES string of the molecule is Cc1ccc(-c2nc(-c3ccc(C4CCCCC4)cc3)nc(-c3ccc(-n4c5ccc(N(c6cc(C)c(C)c(C)c6)c6cc(C)c(C)c(C)c6)cc5c5cc(N(c6cc(C)c(C)c(C)c6)c6cc(C)c(C)c(C)c6)ccc54)cc3)n2)cc1. The van der Waals surface area contributed by atoms with Gasteiger partial charge in [-0.3, -0.25) is 0 Å². The Morgan fingerprint density at radius 3 is 0.988 bits per heavy atom. The highest BCUT2D eigenvalue weighted by atomic mass is 15.2. The predicted octanol–water partition coefficient (Wildman–Crippen LogP) is 21.0. The highest BCUT2D eigenvalue weighted by Crippen LogP contribution is 2.45. The molecule has 82 heavy (non-hydrogen) atoms. The van der Waals surface area contributed by atoms with E-state index in [2.05, 4.69) is 262 Å². The van der Waals surface area contributed by atoms with Crippen LogP contribution in [-0.2, 0) is 0 Å². The lowest BCUT2D eigenvalue weighted by Crippen LogP contribution is -2.12. The highest BCUT2D eigenvalue weighted by molar-refractivity contribution is 6.12. The van der Waals surface area contributed by atoms with Crippen LogP contribution >= 0.6 is 0 Å². The summed E-state index contributed by atoms with van der Waals surface area (Å²) in [5.41, 5.74) is 31.1. The molecule has 0 aliphatic heterocycles. The lowest BCUT2D eigenvalue weighted by Gasteiger charge is -2.28. The first-order valence-corrected chi connectivity index (χ1v) is 29.5. The minimum atomic E-state index is 0.626. The van der Waals surface area contributed by atoms with Crippen LogP contribution in [0.3, 0.4) is 0 Å². The molecule has 0 saturated heterocycles. The molecule has 9 aromatic carbocycles. The second-order valence-electron chi connectivity index (χ2n) is 23.9. The van der Waals surface area contributed by atoms with Crippen molar-refractivity contribution in [3.05, 3.63) is 236 Å². The summed E-state index contributed by atoms with van der Waals surface area (Å²) in [5.74, 6) is 2.61. The molecule has 2 aromatic heterocycles. The predicted molar refractivity (Wildman–Crippen MR) is 347 cm³/mol. The fourth-order valence-corrected chi connectivity index (χ4v) is 12.6. The van der Waals surface area contributed by atoms with Crippen LogP contribution in [0.1, 0.15) is 116 Å². The van der Waals surface area contributed by atoms with Crippen LogP contribution in [0.2, 0.25) is 0 Å². The summed E-state index contributed by atoms with van der Waals surface area (Å²) < 4.78 is 2.43. The van der Waals surface area contributed by atoms with Crippen LogP contribution in [0, 0.1) is 90.0 Å². The molecule has 0 amide bonds. The Bertz CT molecular complexity index is 3880. The van der Waals surface area contributed by atoms with E-state index in [1.165, 1.54) is 110 Å². The van der Waals surface area contributed by atoms with E-state index in [0.717, 1.165) is 78.3 Å². The molecule has 2 heterocycles. The zero-order valence-electron chi connectivity index (χ0n) is 50.3. The van der Waals surface area contributed by atoms with Gasteiger partial charge in [-0.25, -0.2) is 15.0 Å². The molecule has 410 valence electrons. The number of hydrogen-bond acceptors (Lipinski definition) is 5. The van der Waals surface area contributed by atoms with Crippen LogP contribution < -0.4 is 9.80 Å². The lowest BCUT2D eigenvalue weighted by molar-refractivity contribution is 0.443. The quantitative estimate of drug-likeness (QED) is 0.129. The average Bonchev–Trinajstić information content (AvgIpc) is 2.94. The number of rotatable bonds is 11. The summed E-state index contributed by atoms with van der Waals surface area (Å²) in [6.45, 7) is 28.9. The maximum absolute atomic E-state index is 5.23. The summed E-state index contributed by atoms with van der Waals surface area (Å²) in [6.07, 6.45) is 6.48. The van der Waals surface area contributed by atoms with Gasteiger partial charge in [0.15, 0.2) is 17.5 Å². The van der Waals surface area contributed by atoms with Gasteiger partial charge in [0.05, 0.1) is 11.0 Å². The molecule has 12 rings (SSSR count). The Morgan fingerprint density at radius 1 is 0.329 bits per heavy atom. The number of anilines is 6. The summed E-state index contributed by atoms with van der Waals surface area (Å²) >= 11 is 0. The van der Waals surface area contributed by atoms with Gasteiger partial charge in [0, 0.05) is 67.3 Å². The molecular formula is C76H76N6. The van der Waals surface area contributed by atoms with Crippen molar-refractivity contribution in [2.45, 2.75) is 128 Å². The van der Waals surface area contributed by atoms with Gasteiger partial charge in [-0.05, 0) is 290 Å². The Kier molecular flexibility index (Phi) is 14.3. The molecule has 0 atom stereocenters. The first-order chi connectivity index (χ1) is 39.5. The normalized spacial score (nSPS) is 12.9. The molecule has 0 spiro atoms. The molecule has 6 nitrogen and oxygen atoms in total. The van der Waals surface area contributed by atoms with Crippen LogP contribution in [0.15, 0.2) is 158 Å². The van der Waals surface area contributed by atoms with Gasteiger partial charge in [0.1, 0.15) is 0 Å². The van der Waals surface area contributed by atoms with Crippen molar-refractivity contribution in [2.75, 3.05) is 9.80 Å². The number of hydrogen-bond donors (Lipinski definition) is 0. The third-order valence-electron chi connectivity index (χ3n) is 18.5. The molecular weight excluding hydrogens is 997 g/mol. The molecule has 0 N–H and O–H groups in total. The van der Waals surface area contributed by atoms with Crippen molar-refractivity contribution in [1.82, 2.24) is 19.5 Å². The molecule has 1 aliphatic carbocycles. The van der Waals surface area contributed by atoms with Crippen molar-refractivity contribution in [3.63, 3.8) is 0 Å². The first-order valence-electron chi connectivity index (χ1n) is 29.5. The number of aryl methyl sites for hydroxylation is 9. The van der Waals surface area contributed by atoms with Crippen molar-refractivity contribution < 1.29 is 0 Å². The Labute approximate surface area is 486 Å². The van der Waals surface area contributed by atoms with Crippen LogP contribution in [0.4, 0.5) is 34.1 Å². The second kappa shape index (κ2) is 21.7. The molecule has 1 saturated carbocycles. The molecule has 0 radical (unpaired) electrons. The maximum atomic E-state index is 5.23. The van der Waals surface area contributed by atoms with Crippen molar-refractivity contribution in [2.24, 2.45) is 0 Å². The maximum Gasteiger partial charge on any atom is 0.164 e. The number of nitrogens with zero attached hydrogens (tertiary/aromatic N) is 6. The minimum absolute atomic E-state index is 0.626. The lowest BCUT2D eigenvalue weighted by atomic mass is 9.84. The van der Waals surface area contributed by atoms with Crippen LogP contribution in [0.25, 0.3) is 61.7 Å². The summed E-state index contributed by atoms with van der Waals surface area (Å²) in [7, 11) is 0. The first kappa shape index (κ1) is 54.0. The van der Waals surface area contributed by atoms with E-state index in [-0.39, 0.29) is 0 Å². The van der Waals surface area contributed by atoms with Gasteiger partial charge >= 0.3 is 0 Å². The van der Waals surface area contributed by atoms with E-state index in [1.807, 2.05) is 0 Å². The monoisotopic (exact) mass is 1070 g/mol. The van der Waals surface area contributed by atoms with E-state index in [9.17, 15) is 0 Å². The molecule has 0 bridgehead atoms. The van der Waals surface area contributed by atoms with E-state index < -0.39 is 0 Å². The minimum Gasteiger partial charge on any atom is -0.310 e. The molecule has 0 unspecified atom stereocenters. The zero-order chi connectivity index (χ0) is 57.2. The molecule has 1 fully saturated rings. The fourth-order valence-electron chi connectivity index (χ4n) is 12.6. The molecule has 6 heteroatoms. The van der Waals surface area contributed by atoms with Crippen LogP contribution in [-0.4, -0.2) is 19.5 Å². The third-order valence-corrected chi connectivity index (χ3v) is 18.5. The standard InChI is InChI=1S/C76H76N6/c1-45-19-21-60(22-20-45)74-77-75(61-25-23-59(24-26-61)58-17-15-14-16-18-58)79-76(78-74)62-27-29-63(30-28-62)82-72-33-31-64(80(66-35-46(2)54(10)47(3)36-66)67-37-48(4)55(11)49(5)38-67)43-70(72)71-44-65(32-34-73(71)82)81(68-39-50(6)56(12)51(7)40-68)69-41-52(8)57(13)53(9)42-69/h19-44,58H,14-18H2,1-13H3. The largest absolute Gasteiger partial charge is 0.310 e. The Morgan fingerprint density at radius 2 is 0.646 bits per heavy atom. The van der Waals surface area contributed by atoms with E-state index >= 15 is 0 Å². The summed E-state index contributed by atoms with van der Waals surface area (Å²) in [5, 5.41) is 2.33. The number of aromatic nitrogens is 4. The summed E-state index contributed by atoms with van der Waals surface area (Å²) in [6, 6.07) is 59.2. The summed E-state index contributed by atoms with van der Waals surface area (Å²) in [4.78, 5) is 20.5. The van der Waals surface area contributed by atoms with E-state index in [4.69, 9.17) is 15.0 Å². The van der Waals surface area contributed by atoms with E-state index in [1.54, 1.807) is 0 Å². The van der Waals surface area contributed by atoms with Crippen LogP contribution in [0.5, 0.6) is 0 Å². The smallest absolute Gasteiger partial charge is 0.164 e. The molecule has 11 aromatic rings. The Hall–Kier alpha value is -8.61. The van der Waals surface area contributed by atoms with Gasteiger partial charge in [-0.2, -0.15) is 0 Å². The van der Waals surface area contributed by atoms with Crippen molar-refractivity contribution in [3.8, 4) is 39.9 Å². The van der Waals surface area contributed by atoms with Crippen molar-refractivity contribution in [1.29, 1.82) is 0 Å². The topological polar surface area (TPSA) is 50.1 Å². The van der Waals surface area contributed by atoms with E-state index in [0.29, 0.717) is 23.4 Å². The second-order valence-corrected chi connectivity index (χ2v) is 23.9. The fraction of sp³-hybridized carbons (Fsp3) is 0.250. The Balaban J connectivity index is 1.05.